The van der Waals surface area contributed by atoms with Gasteiger partial charge in [0.1, 0.15) is 5.75 Å². The summed E-state index contributed by atoms with van der Waals surface area (Å²) in [5, 5.41) is 12.1. The molecule has 0 saturated heterocycles. The molecular weight excluding hydrogens is 264 g/mol. The minimum absolute atomic E-state index is 0.632. The second kappa shape index (κ2) is 5.75. The summed E-state index contributed by atoms with van der Waals surface area (Å²) in [6.45, 7) is 2.72. The molecular formula is C16H16N4O. The highest BCUT2D eigenvalue weighted by atomic mass is 16.5. The van der Waals surface area contributed by atoms with Crippen LogP contribution in [0.5, 0.6) is 5.75 Å². The highest BCUT2D eigenvalue weighted by molar-refractivity contribution is 5.63. The lowest BCUT2D eigenvalue weighted by atomic mass is 10.1. The second-order valence-corrected chi connectivity index (χ2v) is 4.79. The smallest absolute Gasteiger partial charge is 0.186 e. The van der Waals surface area contributed by atoms with E-state index in [2.05, 4.69) is 34.6 Å². The highest BCUT2D eigenvalue weighted by Crippen LogP contribution is 2.27. The summed E-state index contributed by atoms with van der Waals surface area (Å²) >= 11 is 0. The summed E-state index contributed by atoms with van der Waals surface area (Å²) in [6.07, 6.45) is 0. The number of aryl methyl sites for hydroxylation is 1. The van der Waals surface area contributed by atoms with Crippen LogP contribution in [0.25, 0.3) is 11.4 Å². The largest absolute Gasteiger partial charge is 0.496 e. The second-order valence-electron chi connectivity index (χ2n) is 4.79. The third kappa shape index (κ3) is 2.63. The third-order valence-corrected chi connectivity index (χ3v) is 3.46. The first-order chi connectivity index (χ1) is 10.3. The summed E-state index contributed by atoms with van der Waals surface area (Å²) in [5.74, 6) is 1.47. The van der Waals surface area contributed by atoms with Gasteiger partial charge in [0.05, 0.1) is 19.2 Å². The average Bonchev–Trinajstić information content (AvgIpc) is 2.97. The SMILES string of the molecule is COc1ccccc1-c1nnnn1Cc1ccccc1C. The van der Waals surface area contributed by atoms with E-state index in [1.54, 1.807) is 11.8 Å². The summed E-state index contributed by atoms with van der Waals surface area (Å²) in [4.78, 5) is 0. The van der Waals surface area contributed by atoms with Crippen LogP contribution in [0, 0.1) is 6.92 Å². The number of tetrazole rings is 1. The minimum Gasteiger partial charge on any atom is -0.496 e. The fourth-order valence-corrected chi connectivity index (χ4v) is 2.28. The van der Waals surface area contributed by atoms with Gasteiger partial charge in [-0.2, -0.15) is 0 Å². The summed E-state index contributed by atoms with van der Waals surface area (Å²) in [5.41, 5.74) is 3.30. The van der Waals surface area contributed by atoms with E-state index in [0.717, 1.165) is 11.3 Å². The van der Waals surface area contributed by atoms with Crippen molar-refractivity contribution in [3.8, 4) is 17.1 Å². The molecule has 3 rings (SSSR count). The van der Waals surface area contributed by atoms with Crippen LogP contribution in [-0.4, -0.2) is 27.3 Å². The van der Waals surface area contributed by atoms with Crippen LogP contribution in [0.1, 0.15) is 11.1 Å². The number of aromatic nitrogens is 4. The Morgan fingerprint density at radius 1 is 1.05 bits per heavy atom. The van der Waals surface area contributed by atoms with E-state index in [-0.39, 0.29) is 0 Å². The van der Waals surface area contributed by atoms with Gasteiger partial charge in [-0.1, -0.05) is 36.4 Å². The maximum Gasteiger partial charge on any atom is 0.186 e. The van der Waals surface area contributed by atoms with Gasteiger partial charge in [0.15, 0.2) is 5.82 Å². The predicted octanol–water partition coefficient (Wildman–Crippen LogP) is 2.71. The quantitative estimate of drug-likeness (QED) is 0.737. The zero-order valence-corrected chi connectivity index (χ0v) is 12.0. The average molecular weight is 280 g/mol. The van der Waals surface area contributed by atoms with Crippen LogP contribution in [0.4, 0.5) is 0 Å². The molecule has 0 atom stereocenters. The molecule has 5 nitrogen and oxygen atoms in total. The van der Waals surface area contributed by atoms with E-state index in [1.165, 1.54) is 11.1 Å². The molecule has 1 aromatic heterocycles. The Morgan fingerprint density at radius 2 is 1.81 bits per heavy atom. The molecule has 0 amide bonds. The minimum atomic E-state index is 0.632. The maximum absolute atomic E-state index is 5.39. The number of hydrogen-bond acceptors (Lipinski definition) is 4. The fourth-order valence-electron chi connectivity index (χ4n) is 2.28. The van der Waals surface area contributed by atoms with Crippen molar-refractivity contribution in [3.05, 3.63) is 59.7 Å². The standard InChI is InChI=1S/C16H16N4O/c1-12-7-3-4-8-13(12)11-20-16(17-18-19-20)14-9-5-6-10-15(14)21-2/h3-10H,11H2,1-2H3. The van der Waals surface area contributed by atoms with Crippen molar-refractivity contribution < 1.29 is 4.74 Å². The number of methoxy groups -OCH3 is 1. The summed E-state index contributed by atoms with van der Waals surface area (Å²) < 4.78 is 7.18. The lowest BCUT2D eigenvalue weighted by Crippen LogP contribution is -2.06. The first-order valence-corrected chi connectivity index (χ1v) is 6.73. The van der Waals surface area contributed by atoms with Gasteiger partial charge < -0.3 is 4.74 Å². The Labute approximate surface area is 123 Å². The van der Waals surface area contributed by atoms with Crippen molar-refractivity contribution in [2.24, 2.45) is 0 Å². The first-order valence-electron chi connectivity index (χ1n) is 6.73. The summed E-state index contributed by atoms with van der Waals surface area (Å²) in [6, 6.07) is 16.0. The molecule has 21 heavy (non-hydrogen) atoms. The van der Waals surface area contributed by atoms with Crippen molar-refractivity contribution in [2.75, 3.05) is 7.11 Å². The molecule has 0 spiro atoms. The zero-order chi connectivity index (χ0) is 14.7. The molecule has 0 aliphatic carbocycles. The lowest BCUT2D eigenvalue weighted by molar-refractivity contribution is 0.415. The van der Waals surface area contributed by atoms with Gasteiger partial charge in [-0.05, 0) is 40.6 Å². The molecule has 1 heterocycles. The summed E-state index contributed by atoms with van der Waals surface area (Å²) in [7, 11) is 1.65. The molecule has 0 N–H and O–H groups in total. The molecule has 0 radical (unpaired) electrons. The molecule has 0 aliphatic heterocycles. The molecule has 3 aromatic rings. The van der Waals surface area contributed by atoms with Gasteiger partial charge in [0, 0.05) is 0 Å². The number of nitrogens with zero attached hydrogens (tertiary/aromatic N) is 4. The van der Waals surface area contributed by atoms with Crippen LogP contribution in [-0.2, 0) is 6.54 Å². The van der Waals surface area contributed by atoms with Crippen LogP contribution in [0.3, 0.4) is 0 Å². The van der Waals surface area contributed by atoms with E-state index in [0.29, 0.717) is 12.4 Å². The van der Waals surface area contributed by atoms with Crippen molar-refractivity contribution in [1.29, 1.82) is 0 Å². The van der Waals surface area contributed by atoms with Crippen molar-refractivity contribution >= 4 is 0 Å². The predicted molar refractivity (Wildman–Crippen MR) is 80.1 cm³/mol. The van der Waals surface area contributed by atoms with Crippen molar-refractivity contribution in [3.63, 3.8) is 0 Å². The number of benzene rings is 2. The zero-order valence-electron chi connectivity index (χ0n) is 12.0. The number of ether oxygens (including phenoxy) is 1. The Kier molecular flexibility index (Phi) is 3.64. The molecule has 106 valence electrons. The number of para-hydroxylation sites is 1. The van der Waals surface area contributed by atoms with E-state index in [1.807, 2.05) is 36.4 Å². The molecule has 5 heteroatoms. The van der Waals surface area contributed by atoms with E-state index in [4.69, 9.17) is 4.74 Å². The van der Waals surface area contributed by atoms with Gasteiger partial charge in [-0.25, -0.2) is 4.68 Å². The molecule has 0 saturated carbocycles. The third-order valence-electron chi connectivity index (χ3n) is 3.46. The monoisotopic (exact) mass is 280 g/mol. The molecule has 2 aromatic carbocycles. The highest BCUT2D eigenvalue weighted by Gasteiger charge is 2.14. The molecule has 0 aliphatic rings. The van der Waals surface area contributed by atoms with Gasteiger partial charge in [-0.3, -0.25) is 0 Å². The maximum atomic E-state index is 5.39. The lowest BCUT2D eigenvalue weighted by Gasteiger charge is -2.10. The van der Waals surface area contributed by atoms with E-state index in [9.17, 15) is 0 Å². The van der Waals surface area contributed by atoms with Crippen LogP contribution >= 0.6 is 0 Å². The van der Waals surface area contributed by atoms with Gasteiger partial charge in [0.25, 0.3) is 0 Å². The van der Waals surface area contributed by atoms with Crippen LogP contribution in [0.2, 0.25) is 0 Å². The van der Waals surface area contributed by atoms with Gasteiger partial charge in [0.2, 0.25) is 0 Å². The number of hydrogen-bond donors (Lipinski definition) is 0. The van der Waals surface area contributed by atoms with E-state index >= 15 is 0 Å². The van der Waals surface area contributed by atoms with Crippen LogP contribution in [0.15, 0.2) is 48.5 Å². The molecule has 0 unspecified atom stereocenters. The first kappa shape index (κ1) is 13.3. The molecule has 0 bridgehead atoms. The number of rotatable bonds is 4. The van der Waals surface area contributed by atoms with Gasteiger partial charge in [-0.15, -0.1) is 5.10 Å². The Hall–Kier alpha value is -2.69. The normalized spacial score (nSPS) is 10.6. The van der Waals surface area contributed by atoms with Crippen LogP contribution < -0.4 is 4.74 Å². The van der Waals surface area contributed by atoms with Crippen molar-refractivity contribution in [2.45, 2.75) is 13.5 Å². The van der Waals surface area contributed by atoms with Crippen molar-refractivity contribution in [1.82, 2.24) is 20.2 Å². The van der Waals surface area contributed by atoms with E-state index < -0.39 is 0 Å². The topological polar surface area (TPSA) is 52.8 Å². The molecule has 0 fully saturated rings. The Bertz CT molecular complexity index is 751. The Morgan fingerprint density at radius 3 is 2.62 bits per heavy atom. The fraction of sp³-hybridized carbons (Fsp3) is 0.188. The van der Waals surface area contributed by atoms with Gasteiger partial charge >= 0.3 is 0 Å². The Balaban J connectivity index is 2.00.